The number of fused-ring (bicyclic) bond motifs is 1. The van der Waals surface area contributed by atoms with Gasteiger partial charge in [0.1, 0.15) is 0 Å². The third-order valence-electron chi connectivity index (χ3n) is 5.16. The number of hydrogen-bond acceptors (Lipinski definition) is 2. The van der Waals surface area contributed by atoms with Crippen LogP contribution in [-0.2, 0) is 4.79 Å². The van der Waals surface area contributed by atoms with Crippen LogP contribution in [0.15, 0.2) is 0 Å². The summed E-state index contributed by atoms with van der Waals surface area (Å²) in [7, 11) is 0. The molecular weight excluding hydrogens is 224 g/mol. The molecule has 0 aromatic heterocycles. The van der Waals surface area contributed by atoms with Gasteiger partial charge in [-0.3, -0.25) is 4.79 Å². The van der Waals surface area contributed by atoms with Crippen molar-refractivity contribution in [3.05, 3.63) is 0 Å². The average Bonchev–Trinajstić information content (AvgIpc) is 2.87. The lowest BCUT2D eigenvalue weighted by atomic mass is 9.90. The van der Waals surface area contributed by atoms with Crippen LogP contribution in [0.3, 0.4) is 0 Å². The topological polar surface area (TPSA) is 32.3 Å². The molecule has 18 heavy (non-hydrogen) atoms. The zero-order valence-corrected chi connectivity index (χ0v) is 11.4. The standard InChI is InChI=1S/C15H26N2O/c18-15(12-6-4-2-1-3-5-7-12)17-10-13-8-16-9-14(13)11-17/h12-14,16H,1-11H2. The van der Waals surface area contributed by atoms with Crippen LogP contribution in [0.4, 0.5) is 0 Å². The number of hydrogen-bond donors (Lipinski definition) is 1. The third kappa shape index (κ3) is 2.56. The SMILES string of the molecule is O=C(C1CCCCCCC1)N1CC2CNCC2C1. The predicted molar refractivity (Wildman–Crippen MR) is 72.2 cm³/mol. The maximum absolute atomic E-state index is 12.6. The van der Waals surface area contributed by atoms with Crippen LogP contribution in [0.25, 0.3) is 0 Å². The van der Waals surface area contributed by atoms with Gasteiger partial charge in [0.15, 0.2) is 0 Å². The van der Waals surface area contributed by atoms with Crippen LogP contribution >= 0.6 is 0 Å². The minimum atomic E-state index is 0.345. The van der Waals surface area contributed by atoms with Crippen molar-refractivity contribution in [3.63, 3.8) is 0 Å². The van der Waals surface area contributed by atoms with Gasteiger partial charge < -0.3 is 10.2 Å². The number of nitrogens with zero attached hydrogens (tertiary/aromatic N) is 1. The van der Waals surface area contributed by atoms with Crippen molar-refractivity contribution >= 4 is 5.91 Å². The fraction of sp³-hybridized carbons (Fsp3) is 0.933. The molecule has 1 amide bonds. The lowest BCUT2D eigenvalue weighted by Crippen LogP contribution is -2.36. The highest BCUT2D eigenvalue weighted by atomic mass is 16.2. The molecule has 3 aliphatic rings. The van der Waals surface area contributed by atoms with Gasteiger partial charge in [0, 0.05) is 32.1 Å². The summed E-state index contributed by atoms with van der Waals surface area (Å²) >= 11 is 0. The van der Waals surface area contributed by atoms with Gasteiger partial charge in [0.25, 0.3) is 0 Å². The van der Waals surface area contributed by atoms with Gasteiger partial charge in [-0.15, -0.1) is 0 Å². The van der Waals surface area contributed by atoms with Crippen molar-refractivity contribution in [2.45, 2.75) is 44.9 Å². The Balaban J connectivity index is 1.56. The van der Waals surface area contributed by atoms with E-state index in [1.165, 1.54) is 32.1 Å². The summed E-state index contributed by atoms with van der Waals surface area (Å²) < 4.78 is 0. The Morgan fingerprint density at radius 1 is 0.889 bits per heavy atom. The predicted octanol–water partition coefficient (Wildman–Crippen LogP) is 2.02. The summed E-state index contributed by atoms with van der Waals surface area (Å²) in [5.41, 5.74) is 0. The normalized spacial score (nSPS) is 34.1. The first-order chi connectivity index (χ1) is 8.84. The van der Waals surface area contributed by atoms with Gasteiger partial charge in [0.2, 0.25) is 5.91 Å². The van der Waals surface area contributed by atoms with Gasteiger partial charge in [-0.2, -0.15) is 0 Å². The molecule has 1 saturated carbocycles. The molecule has 3 rings (SSSR count). The third-order valence-corrected chi connectivity index (χ3v) is 5.16. The Hall–Kier alpha value is -0.570. The molecule has 2 saturated heterocycles. The molecule has 0 aromatic carbocycles. The molecule has 2 aliphatic heterocycles. The Bertz CT molecular complexity index is 281. The minimum Gasteiger partial charge on any atom is -0.342 e. The quantitative estimate of drug-likeness (QED) is 0.772. The number of likely N-dealkylation sites (tertiary alicyclic amines) is 1. The van der Waals surface area contributed by atoms with Crippen molar-refractivity contribution in [1.29, 1.82) is 0 Å². The molecule has 0 radical (unpaired) electrons. The van der Waals surface area contributed by atoms with E-state index in [-0.39, 0.29) is 0 Å². The van der Waals surface area contributed by atoms with Crippen LogP contribution in [0.5, 0.6) is 0 Å². The molecule has 0 bridgehead atoms. The Labute approximate surface area is 110 Å². The molecule has 102 valence electrons. The van der Waals surface area contributed by atoms with E-state index in [1.807, 2.05) is 0 Å². The molecule has 0 aromatic rings. The molecule has 2 atom stereocenters. The number of rotatable bonds is 1. The van der Waals surface area contributed by atoms with Crippen LogP contribution in [0.2, 0.25) is 0 Å². The molecule has 2 heterocycles. The van der Waals surface area contributed by atoms with Gasteiger partial charge in [0.05, 0.1) is 0 Å². The average molecular weight is 250 g/mol. The number of nitrogens with one attached hydrogen (secondary N) is 1. The molecule has 1 N–H and O–H groups in total. The highest BCUT2D eigenvalue weighted by Crippen LogP contribution is 2.30. The maximum Gasteiger partial charge on any atom is 0.225 e. The Kier molecular flexibility index (Phi) is 3.88. The second kappa shape index (κ2) is 5.60. The van der Waals surface area contributed by atoms with E-state index in [9.17, 15) is 4.79 Å². The first-order valence-corrected chi connectivity index (χ1v) is 7.84. The minimum absolute atomic E-state index is 0.345. The maximum atomic E-state index is 12.6. The first kappa shape index (κ1) is 12.5. The zero-order chi connectivity index (χ0) is 12.4. The highest BCUT2D eigenvalue weighted by molar-refractivity contribution is 5.79. The monoisotopic (exact) mass is 250 g/mol. The zero-order valence-electron chi connectivity index (χ0n) is 11.4. The van der Waals surface area contributed by atoms with E-state index in [2.05, 4.69) is 10.2 Å². The lowest BCUT2D eigenvalue weighted by Gasteiger charge is -2.25. The van der Waals surface area contributed by atoms with Crippen molar-refractivity contribution in [3.8, 4) is 0 Å². The van der Waals surface area contributed by atoms with Crippen LogP contribution < -0.4 is 5.32 Å². The summed E-state index contributed by atoms with van der Waals surface area (Å²) in [5, 5.41) is 3.44. The summed E-state index contributed by atoms with van der Waals surface area (Å²) in [5.74, 6) is 2.30. The molecule has 3 fully saturated rings. The number of amides is 1. The second-order valence-corrected chi connectivity index (χ2v) is 6.46. The van der Waals surface area contributed by atoms with Gasteiger partial charge in [-0.05, 0) is 24.7 Å². The summed E-state index contributed by atoms with van der Waals surface area (Å²) in [6, 6.07) is 0. The van der Waals surface area contributed by atoms with Crippen LogP contribution in [0.1, 0.15) is 44.9 Å². The summed E-state index contributed by atoms with van der Waals surface area (Å²) in [6.45, 7) is 4.29. The Morgan fingerprint density at radius 2 is 1.44 bits per heavy atom. The van der Waals surface area contributed by atoms with Crippen molar-refractivity contribution in [2.24, 2.45) is 17.8 Å². The largest absolute Gasteiger partial charge is 0.342 e. The van der Waals surface area contributed by atoms with E-state index in [0.717, 1.165) is 50.9 Å². The van der Waals surface area contributed by atoms with E-state index in [1.54, 1.807) is 0 Å². The fourth-order valence-electron chi connectivity index (χ4n) is 4.00. The fourth-order valence-corrected chi connectivity index (χ4v) is 4.00. The smallest absolute Gasteiger partial charge is 0.225 e. The molecule has 2 unspecified atom stereocenters. The summed E-state index contributed by atoms with van der Waals surface area (Å²) in [6.07, 6.45) is 8.85. The van der Waals surface area contributed by atoms with Crippen LogP contribution in [-0.4, -0.2) is 37.0 Å². The lowest BCUT2D eigenvalue weighted by molar-refractivity contribution is -0.135. The molecule has 0 spiro atoms. The first-order valence-electron chi connectivity index (χ1n) is 7.84. The number of carbonyl (C=O) groups excluding carboxylic acids is 1. The van der Waals surface area contributed by atoms with E-state index in [4.69, 9.17) is 0 Å². The highest BCUT2D eigenvalue weighted by Gasteiger charge is 2.39. The Morgan fingerprint density at radius 3 is 2.06 bits per heavy atom. The van der Waals surface area contributed by atoms with Gasteiger partial charge >= 0.3 is 0 Å². The van der Waals surface area contributed by atoms with Gasteiger partial charge in [-0.25, -0.2) is 0 Å². The van der Waals surface area contributed by atoms with Crippen molar-refractivity contribution < 1.29 is 4.79 Å². The van der Waals surface area contributed by atoms with Crippen molar-refractivity contribution in [2.75, 3.05) is 26.2 Å². The summed E-state index contributed by atoms with van der Waals surface area (Å²) in [4.78, 5) is 14.8. The molecule has 1 aliphatic carbocycles. The van der Waals surface area contributed by atoms with E-state index in [0.29, 0.717) is 11.8 Å². The number of carbonyl (C=O) groups is 1. The van der Waals surface area contributed by atoms with E-state index < -0.39 is 0 Å². The van der Waals surface area contributed by atoms with E-state index >= 15 is 0 Å². The molecular formula is C15H26N2O. The van der Waals surface area contributed by atoms with Crippen LogP contribution in [0, 0.1) is 17.8 Å². The molecule has 3 nitrogen and oxygen atoms in total. The van der Waals surface area contributed by atoms with Gasteiger partial charge in [-0.1, -0.05) is 32.1 Å². The second-order valence-electron chi connectivity index (χ2n) is 6.46. The van der Waals surface area contributed by atoms with Crippen molar-refractivity contribution in [1.82, 2.24) is 10.2 Å². The molecule has 3 heteroatoms.